The van der Waals surface area contributed by atoms with Crippen LogP contribution in [0.4, 0.5) is 0 Å². The first-order chi connectivity index (χ1) is 10.7. The fourth-order valence-electron chi connectivity index (χ4n) is 3.80. The Morgan fingerprint density at radius 2 is 1.95 bits per heavy atom. The molecule has 0 spiro atoms. The van der Waals surface area contributed by atoms with Gasteiger partial charge in [-0.2, -0.15) is 0 Å². The number of rotatable bonds is 6. The molecule has 0 aliphatic carbocycles. The van der Waals surface area contributed by atoms with Gasteiger partial charge in [0.1, 0.15) is 5.75 Å². The predicted octanol–water partition coefficient (Wildman–Crippen LogP) is 3.53. The van der Waals surface area contributed by atoms with Gasteiger partial charge in [-0.15, -0.1) is 0 Å². The quantitative estimate of drug-likeness (QED) is 0.799. The van der Waals surface area contributed by atoms with Gasteiger partial charge >= 0.3 is 0 Å². The lowest BCUT2D eigenvalue weighted by Gasteiger charge is -2.28. The first kappa shape index (κ1) is 15.8. The predicted molar refractivity (Wildman–Crippen MR) is 91.3 cm³/mol. The lowest BCUT2D eigenvalue weighted by molar-refractivity contribution is 0.185. The van der Waals surface area contributed by atoms with Gasteiger partial charge < -0.3 is 9.64 Å². The highest BCUT2D eigenvalue weighted by Crippen LogP contribution is 2.24. The molecule has 0 aromatic heterocycles. The molecule has 2 aliphatic heterocycles. The summed E-state index contributed by atoms with van der Waals surface area (Å²) in [6.07, 6.45) is 5.73. The Bertz CT molecular complexity index is 468. The summed E-state index contributed by atoms with van der Waals surface area (Å²) in [4.78, 5) is 5.33. The molecule has 1 aromatic rings. The first-order valence-corrected chi connectivity index (χ1v) is 8.93. The molecule has 1 aromatic carbocycles. The van der Waals surface area contributed by atoms with Crippen LogP contribution in [0.25, 0.3) is 0 Å². The zero-order valence-electron chi connectivity index (χ0n) is 14.1. The van der Waals surface area contributed by atoms with Crippen LogP contribution in [0.1, 0.15) is 45.1 Å². The van der Waals surface area contributed by atoms with Gasteiger partial charge in [0, 0.05) is 19.1 Å². The maximum absolute atomic E-state index is 5.83. The Morgan fingerprint density at radius 1 is 1.14 bits per heavy atom. The van der Waals surface area contributed by atoms with E-state index in [1.54, 1.807) is 0 Å². The second-order valence-corrected chi connectivity index (χ2v) is 7.09. The third-order valence-electron chi connectivity index (χ3n) is 4.82. The van der Waals surface area contributed by atoms with Crippen molar-refractivity contribution in [2.75, 3.05) is 26.2 Å². The van der Waals surface area contributed by atoms with Gasteiger partial charge in [-0.1, -0.05) is 12.1 Å². The summed E-state index contributed by atoms with van der Waals surface area (Å²) in [5.41, 5.74) is 1.38. The standard InChI is InChI=1S/C19H30N2O/c1-16(2)22-19-9-5-7-17(13-19)14-21-12-6-8-18(21)15-20-10-3-4-11-20/h5,7,9,13,16,18H,3-4,6,8,10-12,14-15H2,1-2H3. The number of hydrogen-bond donors (Lipinski definition) is 0. The lowest BCUT2D eigenvalue weighted by Crippen LogP contribution is -2.38. The van der Waals surface area contributed by atoms with Crippen molar-refractivity contribution in [3.63, 3.8) is 0 Å². The number of benzene rings is 1. The van der Waals surface area contributed by atoms with E-state index in [1.165, 1.54) is 57.4 Å². The van der Waals surface area contributed by atoms with Gasteiger partial charge in [0.05, 0.1) is 6.10 Å². The van der Waals surface area contributed by atoms with Gasteiger partial charge in [-0.25, -0.2) is 0 Å². The van der Waals surface area contributed by atoms with E-state index < -0.39 is 0 Å². The Morgan fingerprint density at radius 3 is 2.73 bits per heavy atom. The van der Waals surface area contributed by atoms with Crippen molar-refractivity contribution in [2.24, 2.45) is 0 Å². The van der Waals surface area contributed by atoms with Crippen LogP contribution >= 0.6 is 0 Å². The maximum Gasteiger partial charge on any atom is 0.120 e. The molecule has 122 valence electrons. The van der Waals surface area contributed by atoms with Gasteiger partial charge in [0.15, 0.2) is 0 Å². The summed E-state index contributed by atoms with van der Waals surface area (Å²) >= 11 is 0. The highest BCUT2D eigenvalue weighted by atomic mass is 16.5. The number of likely N-dealkylation sites (tertiary alicyclic amines) is 2. The number of nitrogens with zero attached hydrogens (tertiary/aromatic N) is 2. The van der Waals surface area contributed by atoms with E-state index in [2.05, 4.69) is 47.9 Å². The molecule has 3 rings (SSSR count). The average molecular weight is 302 g/mol. The number of hydrogen-bond acceptors (Lipinski definition) is 3. The Hall–Kier alpha value is -1.06. The van der Waals surface area contributed by atoms with Crippen LogP contribution in [-0.4, -0.2) is 48.1 Å². The molecule has 3 nitrogen and oxygen atoms in total. The van der Waals surface area contributed by atoms with Gasteiger partial charge in [-0.05, 0) is 76.9 Å². The zero-order chi connectivity index (χ0) is 15.4. The van der Waals surface area contributed by atoms with Gasteiger partial charge in [0.25, 0.3) is 0 Å². The van der Waals surface area contributed by atoms with E-state index in [9.17, 15) is 0 Å². The minimum atomic E-state index is 0.241. The van der Waals surface area contributed by atoms with Crippen LogP contribution in [0, 0.1) is 0 Å². The maximum atomic E-state index is 5.83. The minimum absolute atomic E-state index is 0.241. The molecule has 2 aliphatic rings. The highest BCUT2D eigenvalue weighted by Gasteiger charge is 2.27. The molecular weight excluding hydrogens is 272 g/mol. The van der Waals surface area contributed by atoms with Gasteiger partial charge in [-0.3, -0.25) is 4.90 Å². The van der Waals surface area contributed by atoms with Crippen molar-refractivity contribution >= 4 is 0 Å². The molecule has 1 atom stereocenters. The molecule has 1 unspecified atom stereocenters. The topological polar surface area (TPSA) is 15.7 Å². The smallest absolute Gasteiger partial charge is 0.120 e. The second kappa shape index (κ2) is 7.47. The molecule has 2 heterocycles. The largest absolute Gasteiger partial charge is 0.491 e. The van der Waals surface area contributed by atoms with Crippen molar-refractivity contribution in [1.29, 1.82) is 0 Å². The average Bonchev–Trinajstić information content (AvgIpc) is 3.12. The van der Waals surface area contributed by atoms with E-state index in [0.717, 1.165) is 18.3 Å². The molecule has 2 fully saturated rings. The lowest BCUT2D eigenvalue weighted by atomic mass is 10.1. The van der Waals surface area contributed by atoms with Crippen LogP contribution in [0.2, 0.25) is 0 Å². The van der Waals surface area contributed by atoms with Crippen molar-refractivity contribution in [3.05, 3.63) is 29.8 Å². The highest BCUT2D eigenvalue weighted by molar-refractivity contribution is 5.28. The summed E-state index contributed by atoms with van der Waals surface area (Å²) in [5, 5.41) is 0. The minimum Gasteiger partial charge on any atom is -0.491 e. The van der Waals surface area contributed by atoms with Crippen molar-refractivity contribution in [2.45, 2.75) is 58.2 Å². The Balaban J connectivity index is 1.58. The second-order valence-electron chi connectivity index (χ2n) is 7.09. The van der Waals surface area contributed by atoms with Crippen molar-refractivity contribution in [3.8, 4) is 5.75 Å². The zero-order valence-corrected chi connectivity index (χ0v) is 14.1. The van der Waals surface area contributed by atoms with Crippen LogP contribution in [0.3, 0.4) is 0 Å². The Labute approximate surface area is 135 Å². The SMILES string of the molecule is CC(C)Oc1cccc(CN2CCCC2CN2CCCC2)c1. The van der Waals surface area contributed by atoms with Crippen molar-refractivity contribution < 1.29 is 4.74 Å². The Kier molecular flexibility index (Phi) is 5.37. The molecule has 0 radical (unpaired) electrons. The number of ether oxygens (including phenoxy) is 1. The molecule has 0 N–H and O–H groups in total. The summed E-state index contributed by atoms with van der Waals surface area (Å²) in [7, 11) is 0. The normalized spacial score (nSPS) is 23.5. The van der Waals surface area contributed by atoms with Crippen LogP contribution < -0.4 is 4.74 Å². The molecule has 2 saturated heterocycles. The first-order valence-electron chi connectivity index (χ1n) is 8.93. The monoisotopic (exact) mass is 302 g/mol. The van der Waals surface area contributed by atoms with Gasteiger partial charge in [0.2, 0.25) is 0 Å². The van der Waals surface area contributed by atoms with Crippen LogP contribution in [0.15, 0.2) is 24.3 Å². The van der Waals surface area contributed by atoms with E-state index >= 15 is 0 Å². The third kappa shape index (κ3) is 4.23. The molecular formula is C19H30N2O. The molecule has 3 heteroatoms. The van der Waals surface area contributed by atoms with E-state index in [1.807, 2.05) is 0 Å². The van der Waals surface area contributed by atoms with Crippen molar-refractivity contribution in [1.82, 2.24) is 9.80 Å². The van der Waals surface area contributed by atoms with Crippen LogP contribution in [-0.2, 0) is 6.54 Å². The fourth-order valence-corrected chi connectivity index (χ4v) is 3.80. The summed E-state index contributed by atoms with van der Waals surface area (Å²) in [6.45, 7) is 10.4. The molecule has 0 amide bonds. The molecule has 0 saturated carbocycles. The van der Waals surface area contributed by atoms with E-state index in [0.29, 0.717) is 0 Å². The summed E-state index contributed by atoms with van der Waals surface area (Å²) in [5.74, 6) is 1.00. The molecule has 22 heavy (non-hydrogen) atoms. The van der Waals surface area contributed by atoms with E-state index in [-0.39, 0.29) is 6.10 Å². The summed E-state index contributed by atoms with van der Waals surface area (Å²) < 4.78 is 5.83. The third-order valence-corrected chi connectivity index (χ3v) is 4.82. The van der Waals surface area contributed by atoms with Crippen LogP contribution in [0.5, 0.6) is 5.75 Å². The summed E-state index contributed by atoms with van der Waals surface area (Å²) in [6, 6.07) is 9.38. The fraction of sp³-hybridized carbons (Fsp3) is 0.684. The molecule has 0 bridgehead atoms. The van der Waals surface area contributed by atoms with E-state index in [4.69, 9.17) is 4.74 Å².